The van der Waals surface area contributed by atoms with E-state index in [0.29, 0.717) is 12.1 Å². The quantitative estimate of drug-likeness (QED) is 0.878. The van der Waals surface area contributed by atoms with E-state index in [0.717, 1.165) is 17.2 Å². The lowest BCUT2D eigenvalue weighted by Gasteiger charge is -2.20. The van der Waals surface area contributed by atoms with Gasteiger partial charge in [0.25, 0.3) is 0 Å². The van der Waals surface area contributed by atoms with Crippen molar-refractivity contribution < 1.29 is 0 Å². The molecule has 1 N–H and O–H groups in total. The Kier molecular flexibility index (Phi) is 4.35. The molecule has 1 aliphatic rings. The normalized spacial score (nSPS) is 18.8. The maximum absolute atomic E-state index is 6.23. The van der Waals surface area contributed by atoms with E-state index in [9.17, 15) is 0 Å². The molecule has 0 fully saturated rings. The van der Waals surface area contributed by atoms with Crippen molar-refractivity contribution >= 4 is 23.4 Å². The molecule has 20 heavy (non-hydrogen) atoms. The third kappa shape index (κ3) is 3.03. The Balaban J connectivity index is 1.66. The second kappa shape index (κ2) is 6.21. The zero-order chi connectivity index (χ0) is 13.9. The minimum atomic E-state index is 0.409. The van der Waals surface area contributed by atoms with E-state index in [-0.39, 0.29) is 0 Å². The van der Waals surface area contributed by atoms with Crippen LogP contribution >= 0.6 is 23.4 Å². The van der Waals surface area contributed by atoms with Crippen LogP contribution in [0.2, 0.25) is 5.02 Å². The molecule has 2 atom stereocenters. The zero-order valence-electron chi connectivity index (χ0n) is 11.5. The average molecular weight is 304 g/mol. The molecule has 0 amide bonds. The summed E-state index contributed by atoms with van der Waals surface area (Å²) in [5.41, 5.74) is 2.65. The Morgan fingerprint density at radius 1 is 1.20 bits per heavy atom. The van der Waals surface area contributed by atoms with E-state index < -0.39 is 0 Å². The molecule has 2 aromatic carbocycles. The SMILES string of the molecule is CC(Cc1ccccc1Cl)NC1CSc2ccccc21. The molecule has 1 nitrogen and oxygen atoms in total. The third-order valence-corrected chi connectivity index (χ3v) is 5.22. The van der Waals surface area contributed by atoms with Crippen molar-refractivity contribution in [2.24, 2.45) is 0 Å². The Labute approximate surface area is 129 Å². The standard InChI is InChI=1S/C17H18ClNS/c1-12(10-13-6-2-4-8-15(13)18)19-16-11-20-17-9-5-3-7-14(16)17/h2-9,12,16,19H,10-11H2,1H3. The number of nitrogens with one attached hydrogen (secondary N) is 1. The minimum absolute atomic E-state index is 0.409. The van der Waals surface area contributed by atoms with Gasteiger partial charge in [0.1, 0.15) is 0 Å². The average Bonchev–Trinajstić information content (AvgIpc) is 2.85. The van der Waals surface area contributed by atoms with Crippen LogP contribution in [-0.4, -0.2) is 11.8 Å². The molecule has 0 saturated carbocycles. The summed E-state index contributed by atoms with van der Waals surface area (Å²) in [5.74, 6) is 1.12. The number of halogens is 1. The van der Waals surface area contributed by atoms with Crippen LogP contribution in [0.1, 0.15) is 24.1 Å². The molecule has 2 unspecified atom stereocenters. The molecule has 0 bridgehead atoms. The van der Waals surface area contributed by atoms with Gasteiger partial charge in [-0.2, -0.15) is 0 Å². The van der Waals surface area contributed by atoms with Crippen LogP contribution in [0.5, 0.6) is 0 Å². The zero-order valence-corrected chi connectivity index (χ0v) is 13.0. The largest absolute Gasteiger partial charge is 0.306 e. The fraction of sp³-hybridized carbons (Fsp3) is 0.294. The molecule has 0 aliphatic carbocycles. The highest BCUT2D eigenvalue weighted by molar-refractivity contribution is 7.99. The summed E-state index contributed by atoms with van der Waals surface area (Å²) in [6.45, 7) is 2.23. The van der Waals surface area contributed by atoms with E-state index >= 15 is 0 Å². The van der Waals surface area contributed by atoms with Gasteiger partial charge in [-0.1, -0.05) is 48.0 Å². The summed E-state index contributed by atoms with van der Waals surface area (Å²) in [6, 6.07) is 17.6. The van der Waals surface area contributed by atoms with Crippen LogP contribution in [0.15, 0.2) is 53.4 Å². The van der Waals surface area contributed by atoms with Gasteiger partial charge in [0.2, 0.25) is 0 Å². The van der Waals surface area contributed by atoms with Crippen molar-refractivity contribution in [2.75, 3.05) is 5.75 Å². The van der Waals surface area contributed by atoms with Gasteiger partial charge in [0.15, 0.2) is 0 Å². The maximum Gasteiger partial charge on any atom is 0.0438 e. The number of hydrogen-bond donors (Lipinski definition) is 1. The van der Waals surface area contributed by atoms with Gasteiger partial charge in [0.05, 0.1) is 0 Å². The fourth-order valence-corrected chi connectivity index (χ4v) is 4.08. The van der Waals surface area contributed by atoms with Gasteiger partial charge in [-0.25, -0.2) is 0 Å². The van der Waals surface area contributed by atoms with Gasteiger partial charge in [-0.15, -0.1) is 11.8 Å². The first-order valence-corrected chi connectivity index (χ1v) is 8.31. The van der Waals surface area contributed by atoms with Crippen LogP contribution in [-0.2, 0) is 6.42 Å². The maximum atomic E-state index is 6.23. The number of rotatable bonds is 4. The third-order valence-electron chi connectivity index (χ3n) is 3.67. The second-order valence-electron chi connectivity index (χ2n) is 5.26. The fourth-order valence-electron chi connectivity index (χ4n) is 2.70. The summed E-state index contributed by atoms with van der Waals surface area (Å²) in [4.78, 5) is 1.41. The molecule has 3 rings (SSSR count). The number of benzene rings is 2. The van der Waals surface area contributed by atoms with Crippen molar-refractivity contribution in [3.63, 3.8) is 0 Å². The molecule has 3 heteroatoms. The summed E-state index contributed by atoms with van der Waals surface area (Å²) < 4.78 is 0. The number of fused-ring (bicyclic) bond motifs is 1. The molecule has 2 aromatic rings. The van der Waals surface area contributed by atoms with Crippen molar-refractivity contribution in [3.8, 4) is 0 Å². The van der Waals surface area contributed by atoms with Gasteiger partial charge >= 0.3 is 0 Å². The molecule has 1 aliphatic heterocycles. The molecule has 0 spiro atoms. The molecule has 0 radical (unpaired) electrons. The highest BCUT2D eigenvalue weighted by Gasteiger charge is 2.23. The first-order valence-electron chi connectivity index (χ1n) is 6.95. The van der Waals surface area contributed by atoms with E-state index in [1.807, 2.05) is 23.9 Å². The van der Waals surface area contributed by atoms with Crippen LogP contribution in [0.4, 0.5) is 0 Å². The lowest BCUT2D eigenvalue weighted by Crippen LogP contribution is -2.32. The Morgan fingerprint density at radius 2 is 1.95 bits per heavy atom. The monoisotopic (exact) mass is 303 g/mol. The Hall–Kier alpha value is -0.960. The number of hydrogen-bond acceptors (Lipinski definition) is 2. The van der Waals surface area contributed by atoms with Crippen LogP contribution < -0.4 is 5.32 Å². The minimum Gasteiger partial charge on any atom is -0.306 e. The molecular weight excluding hydrogens is 286 g/mol. The van der Waals surface area contributed by atoms with Gasteiger partial charge in [0, 0.05) is 27.8 Å². The molecule has 104 valence electrons. The van der Waals surface area contributed by atoms with E-state index in [1.54, 1.807) is 0 Å². The topological polar surface area (TPSA) is 12.0 Å². The predicted molar refractivity (Wildman–Crippen MR) is 87.7 cm³/mol. The smallest absolute Gasteiger partial charge is 0.0438 e. The number of thioether (sulfide) groups is 1. The first kappa shape index (κ1) is 14.0. The molecule has 0 aromatic heterocycles. The van der Waals surface area contributed by atoms with Crippen molar-refractivity contribution in [1.82, 2.24) is 5.32 Å². The predicted octanol–water partition coefficient (Wildman–Crippen LogP) is 4.71. The van der Waals surface area contributed by atoms with Gasteiger partial charge in [-0.05, 0) is 36.6 Å². The highest BCUT2D eigenvalue weighted by Crippen LogP contribution is 2.38. The van der Waals surface area contributed by atoms with E-state index in [1.165, 1.54) is 16.0 Å². The summed E-state index contributed by atoms with van der Waals surface area (Å²) in [7, 11) is 0. The molecular formula is C17H18ClNS. The molecule has 0 saturated heterocycles. The first-order chi connectivity index (χ1) is 9.74. The Morgan fingerprint density at radius 3 is 2.80 bits per heavy atom. The van der Waals surface area contributed by atoms with E-state index in [2.05, 4.69) is 48.6 Å². The Bertz CT molecular complexity index is 599. The molecule has 1 heterocycles. The van der Waals surface area contributed by atoms with Crippen molar-refractivity contribution in [2.45, 2.75) is 30.3 Å². The highest BCUT2D eigenvalue weighted by atomic mass is 35.5. The summed E-state index contributed by atoms with van der Waals surface area (Å²) >= 11 is 8.17. The lowest BCUT2D eigenvalue weighted by atomic mass is 10.0. The van der Waals surface area contributed by atoms with Gasteiger partial charge < -0.3 is 5.32 Å². The van der Waals surface area contributed by atoms with E-state index in [4.69, 9.17) is 11.6 Å². The van der Waals surface area contributed by atoms with Crippen LogP contribution in [0.3, 0.4) is 0 Å². The van der Waals surface area contributed by atoms with Crippen molar-refractivity contribution in [1.29, 1.82) is 0 Å². The van der Waals surface area contributed by atoms with Crippen molar-refractivity contribution in [3.05, 3.63) is 64.7 Å². The summed E-state index contributed by atoms with van der Waals surface area (Å²) in [5, 5.41) is 4.59. The summed E-state index contributed by atoms with van der Waals surface area (Å²) in [6.07, 6.45) is 0.961. The second-order valence-corrected chi connectivity index (χ2v) is 6.73. The van der Waals surface area contributed by atoms with Crippen LogP contribution in [0, 0.1) is 0 Å². The lowest BCUT2D eigenvalue weighted by molar-refractivity contribution is 0.483. The van der Waals surface area contributed by atoms with Crippen LogP contribution in [0.25, 0.3) is 0 Å². The van der Waals surface area contributed by atoms with Gasteiger partial charge in [-0.3, -0.25) is 0 Å².